The van der Waals surface area contributed by atoms with Crippen molar-refractivity contribution in [3.8, 4) is 0 Å². The van der Waals surface area contributed by atoms with Crippen LogP contribution in [0.4, 0.5) is 14.5 Å². The number of benzene rings is 1. The van der Waals surface area contributed by atoms with Crippen LogP contribution < -0.4 is 16.0 Å². The first kappa shape index (κ1) is 14.0. The van der Waals surface area contributed by atoms with Crippen LogP contribution in [-0.2, 0) is 4.79 Å². The van der Waals surface area contributed by atoms with E-state index in [0.717, 1.165) is 0 Å². The number of hydrogen-bond acceptors (Lipinski definition) is 3. The Hall–Kier alpha value is -1.95. The minimum absolute atomic E-state index is 0.0198. The Balaban J connectivity index is 1.89. The molecule has 0 aliphatic carbocycles. The summed E-state index contributed by atoms with van der Waals surface area (Å²) in [5.74, 6) is -1.89. The zero-order chi connectivity index (χ0) is 15.1. The summed E-state index contributed by atoms with van der Waals surface area (Å²) < 4.78 is 28.7. The highest BCUT2D eigenvalue weighted by Gasteiger charge is 2.30. The van der Waals surface area contributed by atoms with Crippen molar-refractivity contribution in [3.05, 3.63) is 41.6 Å². The third-order valence-corrected chi connectivity index (χ3v) is 4.07. The summed E-state index contributed by atoms with van der Waals surface area (Å²) in [5.41, 5.74) is 6.51. The molecule has 4 nitrogen and oxygen atoms in total. The molecule has 21 heavy (non-hydrogen) atoms. The van der Waals surface area contributed by atoms with Crippen LogP contribution in [0.3, 0.4) is 0 Å². The third kappa shape index (κ3) is 2.51. The lowest BCUT2D eigenvalue weighted by molar-refractivity contribution is -0.121. The molecule has 0 bridgehead atoms. The maximum absolute atomic E-state index is 14.3. The van der Waals surface area contributed by atoms with Crippen LogP contribution in [0.25, 0.3) is 0 Å². The van der Waals surface area contributed by atoms with Gasteiger partial charge in [0, 0.05) is 48.4 Å². The molecule has 3 N–H and O–H groups in total. The van der Waals surface area contributed by atoms with Gasteiger partial charge in [-0.05, 0) is 18.6 Å². The summed E-state index contributed by atoms with van der Waals surface area (Å²) in [6.07, 6.45) is 0.609. The number of allylic oxidation sites excluding steroid dienone is 1. The number of piperidine rings is 1. The smallest absolute Gasteiger partial charge is 0.224 e. The highest BCUT2D eigenvalue weighted by molar-refractivity contribution is 5.79. The minimum atomic E-state index is -0.604. The maximum Gasteiger partial charge on any atom is 0.224 e. The van der Waals surface area contributed by atoms with Gasteiger partial charge in [0.15, 0.2) is 0 Å². The Morgan fingerprint density at radius 2 is 1.90 bits per heavy atom. The van der Waals surface area contributed by atoms with Gasteiger partial charge in [0.1, 0.15) is 11.6 Å². The Labute approximate surface area is 121 Å². The molecule has 3 rings (SSSR count). The van der Waals surface area contributed by atoms with Gasteiger partial charge in [0.25, 0.3) is 0 Å². The summed E-state index contributed by atoms with van der Waals surface area (Å²) >= 11 is 0. The number of amides is 1. The van der Waals surface area contributed by atoms with Gasteiger partial charge >= 0.3 is 0 Å². The maximum atomic E-state index is 14.3. The second kappa shape index (κ2) is 5.11. The highest BCUT2D eigenvalue weighted by atomic mass is 19.1. The number of anilines is 1. The third-order valence-electron chi connectivity index (χ3n) is 4.07. The van der Waals surface area contributed by atoms with Gasteiger partial charge in [-0.3, -0.25) is 4.79 Å². The van der Waals surface area contributed by atoms with Gasteiger partial charge < -0.3 is 16.0 Å². The number of nitrogens with zero attached hydrogens (tertiary/aromatic N) is 1. The number of nitrogens with two attached hydrogens (primary N) is 1. The molecule has 1 atom stereocenters. The molecule has 0 aromatic heterocycles. The fourth-order valence-corrected chi connectivity index (χ4v) is 2.91. The zero-order valence-electron chi connectivity index (χ0n) is 11.5. The molecule has 2 fully saturated rings. The van der Waals surface area contributed by atoms with E-state index in [4.69, 9.17) is 5.73 Å². The molecule has 0 saturated carbocycles. The molecule has 1 aromatic rings. The van der Waals surface area contributed by atoms with Crippen LogP contribution in [0.15, 0.2) is 24.4 Å². The Morgan fingerprint density at radius 1 is 1.29 bits per heavy atom. The van der Waals surface area contributed by atoms with E-state index in [1.165, 1.54) is 12.1 Å². The number of nitrogens with one attached hydrogen (secondary N) is 1. The Morgan fingerprint density at radius 3 is 2.43 bits per heavy atom. The van der Waals surface area contributed by atoms with Crippen molar-refractivity contribution < 1.29 is 13.6 Å². The predicted octanol–water partition coefficient (Wildman–Crippen LogP) is 1.62. The van der Waals surface area contributed by atoms with Crippen LogP contribution >= 0.6 is 0 Å². The normalized spacial score (nSPS) is 23.0. The van der Waals surface area contributed by atoms with Crippen molar-refractivity contribution >= 4 is 11.6 Å². The molecular weight excluding hydrogens is 276 g/mol. The van der Waals surface area contributed by atoms with Gasteiger partial charge in [0.2, 0.25) is 5.91 Å². The molecule has 2 saturated heterocycles. The van der Waals surface area contributed by atoms with Crippen LogP contribution in [0.5, 0.6) is 0 Å². The molecule has 1 unspecified atom stereocenters. The number of rotatable bonds is 2. The largest absolute Gasteiger partial charge is 0.368 e. The second-order valence-corrected chi connectivity index (χ2v) is 5.65. The second-order valence-electron chi connectivity index (χ2n) is 5.65. The van der Waals surface area contributed by atoms with E-state index >= 15 is 0 Å². The van der Waals surface area contributed by atoms with Gasteiger partial charge in [0.05, 0.1) is 0 Å². The first-order valence-electron chi connectivity index (χ1n) is 6.94. The SMILES string of the molecule is C=C1NC(=O)CCC1c1c(F)cc(N2CC(N)C2)cc1F. The zero-order valence-corrected chi connectivity index (χ0v) is 11.5. The van der Waals surface area contributed by atoms with Crippen LogP contribution in [-0.4, -0.2) is 25.0 Å². The van der Waals surface area contributed by atoms with Crippen LogP contribution in [0, 0.1) is 11.6 Å². The van der Waals surface area contributed by atoms with Gasteiger partial charge in [-0.2, -0.15) is 0 Å². The minimum Gasteiger partial charge on any atom is -0.368 e. The standard InChI is InChI=1S/C15H17F2N3O/c1-8-11(2-3-14(21)19-8)15-12(16)4-10(5-13(15)17)20-6-9(18)7-20/h4-5,9,11H,1-3,6-7,18H2,(H,19,21). The average Bonchev–Trinajstić information content (AvgIpc) is 2.36. The van der Waals surface area contributed by atoms with E-state index < -0.39 is 17.6 Å². The van der Waals surface area contributed by atoms with Crippen molar-refractivity contribution in [2.24, 2.45) is 5.73 Å². The summed E-state index contributed by atoms with van der Waals surface area (Å²) in [4.78, 5) is 13.1. The molecule has 1 aromatic carbocycles. The first-order valence-corrected chi connectivity index (χ1v) is 6.94. The molecule has 0 spiro atoms. The molecule has 112 valence electrons. The molecular formula is C15H17F2N3O. The number of halogens is 2. The van der Waals surface area contributed by atoms with Gasteiger partial charge in [-0.15, -0.1) is 0 Å². The van der Waals surface area contributed by atoms with E-state index in [9.17, 15) is 13.6 Å². The fourth-order valence-electron chi connectivity index (χ4n) is 2.91. The lowest BCUT2D eigenvalue weighted by atomic mass is 9.87. The predicted molar refractivity (Wildman–Crippen MR) is 75.8 cm³/mol. The highest BCUT2D eigenvalue weighted by Crippen LogP contribution is 2.36. The van der Waals surface area contributed by atoms with Crippen molar-refractivity contribution in [1.82, 2.24) is 5.32 Å². The fraction of sp³-hybridized carbons (Fsp3) is 0.400. The summed E-state index contributed by atoms with van der Waals surface area (Å²) in [6.45, 7) is 4.91. The molecule has 0 radical (unpaired) electrons. The number of hydrogen-bond donors (Lipinski definition) is 2. The molecule has 6 heteroatoms. The molecule has 2 heterocycles. The summed E-state index contributed by atoms with van der Waals surface area (Å²) in [5, 5.41) is 2.55. The van der Waals surface area contributed by atoms with Crippen LogP contribution in [0.1, 0.15) is 24.3 Å². The van der Waals surface area contributed by atoms with E-state index in [1.54, 1.807) is 0 Å². The first-order chi connectivity index (χ1) is 9.95. The van der Waals surface area contributed by atoms with Crippen LogP contribution in [0.2, 0.25) is 0 Å². The topological polar surface area (TPSA) is 58.4 Å². The van der Waals surface area contributed by atoms with Crippen molar-refractivity contribution in [2.75, 3.05) is 18.0 Å². The monoisotopic (exact) mass is 293 g/mol. The Kier molecular flexibility index (Phi) is 3.41. The lowest BCUT2D eigenvalue weighted by Crippen LogP contribution is -2.55. The lowest BCUT2D eigenvalue weighted by Gasteiger charge is -2.39. The summed E-state index contributed by atoms with van der Waals surface area (Å²) in [6, 6.07) is 2.71. The average molecular weight is 293 g/mol. The quantitative estimate of drug-likeness (QED) is 0.871. The molecule has 1 amide bonds. The summed E-state index contributed by atoms with van der Waals surface area (Å²) in [7, 11) is 0. The number of carbonyl (C=O) groups is 1. The van der Waals surface area contributed by atoms with E-state index in [0.29, 0.717) is 30.9 Å². The van der Waals surface area contributed by atoms with Gasteiger partial charge in [-0.1, -0.05) is 6.58 Å². The van der Waals surface area contributed by atoms with E-state index in [1.807, 2.05) is 4.90 Å². The van der Waals surface area contributed by atoms with Gasteiger partial charge in [-0.25, -0.2) is 8.78 Å². The molecule has 2 aliphatic heterocycles. The Bertz CT molecular complexity index is 588. The molecule has 2 aliphatic rings. The van der Waals surface area contributed by atoms with Crippen molar-refractivity contribution in [3.63, 3.8) is 0 Å². The van der Waals surface area contributed by atoms with Crippen molar-refractivity contribution in [2.45, 2.75) is 24.8 Å². The number of carbonyl (C=O) groups excluding carboxylic acids is 1. The van der Waals surface area contributed by atoms with E-state index in [-0.39, 0.29) is 23.9 Å². The van der Waals surface area contributed by atoms with Crippen molar-refractivity contribution in [1.29, 1.82) is 0 Å². The van der Waals surface area contributed by atoms with E-state index in [2.05, 4.69) is 11.9 Å².